The molecule has 0 aromatic rings. The number of carbonyl (C=O) groups is 1. The van der Waals surface area contributed by atoms with Gasteiger partial charge in [0.25, 0.3) is 0 Å². The van der Waals surface area contributed by atoms with Crippen LogP contribution < -0.4 is 0 Å². The van der Waals surface area contributed by atoms with Crippen LogP contribution in [0.5, 0.6) is 0 Å². The van der Waals surface area contributed by atoms with Crippen molar-refractivity contribution in [3.63, 3.8) is 0 Å². The minimum absolute atomic E-state index is 0.335. The Hall–Kier alpha value is 0.150. The van der Waals surface area contributed by atoms with E-state index in [4.69, 9.17) is 0 Å². The summed E-state index contributed by atoms with van der Waals surface area (Å²) >= 11 is 3.44. The van der Waals surface area contributed by atoms with Crippen molar-refractivity contribution in [2.45, 2.75) is 58.3 Å². The first-order valence-electron chi connectivity index (χ1n) is 5.74. The minimum atomic E-state index is 0.335. The normalized spacial score (nSPS) is 28.0. The van der Waals surface area contributed by atoms with Gasteiger partial charge in [-0.15, -0.1) is 0 Å². The van der Waals surface area contributed by atoms with Crippen LogP contribution in [0.25, 0.3) is 0 Å². The maximum Gasteiger partial charge on any atom is 0.133 e. The van der Waals surface area contributed by atoms with E-state index >= 15 is 0 Å². The molecule has 0 aliphatic heterocycles. The number of alkyl halides is 1. The van der Waals surface area contributed by atoms with Gasteiger partial charge in [-0.3, -0.25) is 4.79 Å². The number of hydrogen-bond acceptors (Lipinski definition) is 1. The van der Waals surface area contributed by atoms with E-state index in [0.717, 1.165) is 24.6 Å². The van der Waals surface area contributed by atoms with Crippen molar-refractivity contribution < 1.29 is 4.79 Å². The molecular weight excluding hydrogens is 240 g/mol. The monoisotopic (exact) mass is 260 g/mol. The average molecular weight is 261 g/mol. The SMILES string of the molecule is CC1(CCCCCBr)CCCC(=O)C1. The van der Waals surface area contributed by atoms with Crippen LogP contribution in [0.3, 0.4) is 0 Å². The highest BCUT2D eigenvalue weighted by atomic mass is 79.9. The van der Waals surface area contributed by atoms with Crippen LogP contribution in [-0.4, -0.2) is 11.1 Å². The van der Waals surface area contributed by atoms with Crippen LogP contribution in [0.1, 0.15) is 58.3 Å². The Bertz CT molecular complexity index is 191. The number of rotatable bonds is 5. The lowest BCUT2D eigenvalue weighted by Crippen LogP contribution is -2.25. The van der Waals surface area contributed by atoms with E-state index in [1.54, 1.807) is 0 Å². The van der Waals surface area contributed by atoms with Gasteiger partial charge < -0.3 is 0 Å². The molecule has 2 heteroatoms. The van der Waals surface area contributed by atoms with Crippen LogP contribution in [-0.2, 0) is 4.79 Å². The second kappa shape index (κ2) is 5.89. The number of Topliss-reactive ketones (excluding diaryl/α,β-unsaturated/α-hetero) is 1. The smallest absolute Gasteiger partial charge is 0.133 e. The van der Waals surface area contributed by atoms with Crippen LogP contribution in [0, 0.1) is 5.41 Å². The molecule has 14 heavy (non-hydrogen) atoms. The summed E-state index contributed by atoms with van der Waals surface area (Å²) in [5.74, 6) is 0.485. The second-order valence-electron chi connectivity index (χ2n) is 4.88. The molecule has 1 fully saturated rings. The van der Waals surface area contributed by atoms with Gasteiger partial charge in [0.2, 0.25) is 0 Å². The number of unbranched alkanes of at least 4 members (excludes halogenated alkanes) is 2. The molecule has 0 saturated heterocycles. The second-order valence-corrected chi connectivity index (χ2v) is 5.67. The Kier molecular flexibility index (Phi) is 5.14. The van der Waals surface area contributed by atoms with Gasteiger partial charge in [0.1, 0.15) is 5.78 Å². The lowest BCUT2D eigenvalue weighted by molar-refractivity contribution is -0.123. The fourth-order valence-electron chi connectivity index (χ4n) is 2.40. The molecule has 1 aliphatic rings. The Balaban J connectivity index is 2.23. The van der Waals surface area contributed by atoms with Crippen molar-refractivity contribution in [3.8, 4) is 0 Å². The highest BCUT2D eigenvalue weighted by Crippen LogP contribution is 2.38. The van der Waals surface area contributed by atoms with Gasteiger partial charge in [-0.25, -0.2) is 0 Å². The van der Waals surface area contributed by atoms with Crippen LogP contribution in [0.15, 0.2) is 0 Å². The maximum atomic E-state index is 11.4. The van der Waals surface area contributed by atoms with Gasteiger partial charge in [0, 0.05) is 18.2 Å². The van der Waals surface area contributed by atoms with Gasteiger partial charge in [0.15, 0.2) is 0 Å². The predicted molar refractivity (Wildman–Crippen MR) is 63.8 cm³/mol. The summed E-state index contributed by atoms with van der Waals surface area (Å²) in [6, 6.07) is 0. The standard InChI is InChI=1S/C12H21BrO/c1-12(7-3-2-4-9-13)8-5-6-11(14)10-12/h2-10H2,1H3. The topological polar surface area (TPSA) is 17.1 Å². The van der Waals surface area contributed by atoms with Gasteiger partial charge in [0.05, 0.1) is 0 Å². The molecule has 0 spiro atoms. The van der Waals surface area contributed by atoms with E-state index in [1.807, 2.05) is 0 Å². The largest absolute Gasteiger partial charge is 0.300 e. The summed E-state index contributed by atoms with van der Waals surface area (Å²) in [6.45, 7) is 2.29. The number of hydrogen-bond donors (Lipinski definition) is 0. The third-order valence-corrected chi connectivity index (χ3v) is 3.83. The van der Waals surface area contributed by atoms with Crippen molar-refractivity contribution >= 4 is 21.7 Å². The molecule has 0 heterocycles. The lowest BCUT2D eigenvalue weighted by atomic mass is 9.72. The van der Waals surface area contributed by atoms with Crippen LogP contribution in [0.4, 0.5) is 0 Å². The molecule has 1 nitrogen and oxygen atoms in total. The molecule has 0 aromatic heterocycles. The summed E-state index contributed by atoms with van der Waals surface area (Å²) in [6.07, 6.45) is 9.14. The molecule has 1 atom stereocenters. The van der Waals surface area contributed by atoms with Crippen LogP contribution in [0.2, 0.25) is 0 Å². The maximum absolute atomic E-state index is 11.4. The molecule has 0 aromatic carbocycles. The first-order chi connectivity index (χ1) is 6.66. The summed E-state index contributed by atoms with van der Waals surface area (Å²) in [5, 5.41) is 1.11. The van der Waals surface area contributed by atoms with Crippen molar-refractivity contribution in [2.24, 2.45) is 5.41 Å². The van der Waals surface area contributed by atoms with Gasteiger partial charge >= 0.3 is 0 Å². The Morgan fingerprint density at radius 1 is 1.36 bits per heavy atom. The molecule has 1 unspecified atom stereocenters. The first-order valence-corrected chi connectivity index (χ1v) is 6.86. The van der Waals surface area contributed by atoms with Crippen molar-refractivity contribution in [3.05, 3.63) is 0 Å². The zero-order chi connectivity index (χ0) is 10.4. The number of carbonyl (C=O) groups excluding carboxylic acids is 1. The third-order valence-electron chi connectivity index (χ3n) is 3.27. The number of halogens is 1. The Morgan fingerprint density at radius 3 is 2.79 bits per heavy atom. The van der Waals surface area contributed by atoms with E-state index in [9.17, 15) is 4.79 Å². The van der Waals surface area contributed by atoms with Crippen LogP contribution >= 0.6 is 15.9 Å². The minimum Gasteiger partial charge on any atom is -0.300 e. The number of ketones is 1. The summed E-state index contributed by atoms with van der Waals surface area (Å²) < 4.78 is 0. The summed E-state index contributed by atoms with van der Waals surface area (Å²) in [5.41, 5.74) is 0.335. The quantitative estimate of drug-likeness (QED) is 0.538. The fourth-order valence-corrected chi connectivity index (χ4v) is 2.80. The molecule has 0 N–H and O–H groups in total. The van der Waals surface area contributed by atoms with E-state index in [0.29, 0.717) is 11.2 Å². The molecule has 1 aliphatic carbocycles. The van der Waals surface area contributed by atoms with Gasteiger partial charge in [-0.05, 0) is 31.1 Å². The van der Waals surface area contributed by atoms with Crippen molar-refractivity contribution in [2.75, 3.05) is 5.33 Å². The predicted octanol–water partition coefficient (Wildman–Crippen LogP) is 4.09. The zero-order valence-corrected chi connectivity index (χ0v) is 10.7. The van der Waals surface area contributed by atoms with Crippen molar-refractivity contribution in [1.82, 2.24) is 0 Å². The lowest BCUT2D eigenvalue weighted by Gasteiger charge is -2.32. The molecule has 0 bridgehead atoms. The van der Waals surface area contributed by atoms with Gasteiger partial charge in [-0.2, -0.15) is 0 Å². The molecule has 1 saturated carbocycles. The van der Waals surface area contributed by atoms with E-state index in [2.05, 4.69) is 22.9 Å². The Morgan fingerprint density at radius 2 is 2.14 bits per heavy atom. The average Bonchev–Trinajstić information content (AvgIpc) is 2.12. The summed E-state index contributed by atoms with van der Waals surface area (Å²) in [7, 11) is 0. The van der Waals surface area contributed by atoms with E-state index < -0.39 is 0 Å². The van der Waals surface area contributed by atoms with E-state index in [-0.39, 0.29) is 0 Å². The zero-order valence-electron chi connectivity index (χ0n) is 9.15. The molecule has 0 radical (unpaired) electrons. The molecular formula is C12H21BrO. The molecule has 1 rings (SSSR count). The highest BCUT2D eigenvalue weighted by Gasteiger charge is 2.30. The van der Waals surface area contributed by atoms with Crippen molar-refractivity contribution in [1.29, 1.82) is 0 Å². The fraction of sp³-hybridized carbons (Fsp3) is 0.917. The first kappa shape index (κ1) is 12.2. The third kappa shape index (κ3) is 4.12. The molecule has 0 amide bonds. The summed E-state index contributed by atoms with van der Waals surface area (Å²) in [4.78, 5) is 11.4. The van der Waals surface area contributed by atoms with E-state index in [1.165, 1.54) is 32.1 Å². The molecule has 82 valence electrons. The Labute approximate surface area is 95.8 Å². The van der Waals surface area contributed by atoms with Gasteiger partial charge in [-0.1, -0.05) is 35.7 Å². The highest BCUT2D eigenvalue weighted by molar-refractivity contribution is 9.09.